The molecule has 1 aliphatic heterocycles. The number of ether oxygens (including phenoxy) is 3. The minimum Gasteiger partial charge on any atom is -0.507 e. The molecule has 0 saturated carbocycles. The van der Waals surface area contributed by atoms with Gasteiger partial charge in [0.25, 0.3) is 0 Å². The quantitative estimate of drug-likeness (QED) is 0.347. The van der Waals surface area contributed by atoms with E-state index in [2.05, 4.69) is 30.8 Å². The van der Waals surface area contributed by atoms with Crippen molar-refractivity contribution in [1.29, 1.82) is 0 Å². The molecule has 3 aromatic rings. The van der Waals surface area contributed by atoms with E-state index in [4.69, 9.17) is 14.2 Å². The maximum Gasteiger partial charge on any atom is 0.250 e. The number of methoxy groups -OCH3 is 2. The smallest absolute Gasteiger partial charge is 0.250 e. The Labute approximate surface area is 191 Å². The topological polar surface area (TPSA) is 126 Å². The van der Waals surface area contributed by atoms with Crippen molar-refractivity contribution in [3.05, 3.63) is 48.0 Å². The Balaban J connectivity index is 1.57. The van der Waals surface area contributed by atoms with Crippen molar-refractivity contribution in [2.45, 2.75) is 0 Å². The first-order valence-electron chi connectivity index (χ1n) is 10.3. The minimum atomic E-state index is 0.0767. The SMILES string of the molecule is COc1ccc(Nc2nc(N/N=C/c3cc(OC)ccc3O)nc(N3CCOCC3)n2)cc1. The lowest BCUT2D eigenvalue weighted by Crippen LogP contribution is -2.37. The van der Waals surface area contributed by atoms with E-state index >= 15 is 0 Å². The van der Waals surface area contributed by atoms with Gasteiger partial charge in [-0.1, -0.05) is 0 Å². The maximum absolute atomic E-state index is 10.0. The molecule has 1 saturated heterocycles. The van der Waals surface area contributed by atoms with Crippen molar-refractivity contribution in [2.24, 2.45) is 5.10 Å². The van der Waals surface area contributed by atoms with Crippen LogP contribution in [0.2, 0.25) is 0 Å². The fraction of sp³-hybridized carbons (Fsp3) is 0.273. The van der Waals surface area contributed by atoms with Gasteiger partial charge in [-0.3, -0.25) is 0 Å². The van der Waals surface area contributed by atoms with Crippen LogP contribution in [0.1, 0.15) is 5.56 Å². The number of hydrazone groups is 1. The van der Waals surface area contributed by atoms with Crippen LogP contribution in [0.5, 0.6) is 17.2 Å². The van der Waals surface area contributed by atoms with Crippen LogP contribution >= 0.6 is 0 Å². The summed E-state index contributed by atoms with van der Waals surface area (Å²) in [6.45, 7) is 2.55. The van der Waals surface area contributed by atoms with Gasteiger partial charge in [-0.2, -0.15) is 20.1 Å². The number of aromatic hydroxyl groups is 1. The van der Waals surface area contributed by atoms with Crippen LogP contribution in [0.3, 0.4) is 0 Å². The number of morpholine rings is 1. The van der Waals surface area contributed by atoms with Crippen molar-refractivity contribution in [1.82, 2.24) is 15.0 Å². The zero-order chi connectivity index (χ0) is 23.0. The predicted molar refractivity (Wildman–Crippen MR) is 125 cm³/mol. The molecular weight excluding hydrogens is 426 g/mol. The highest BCUT2D eigenvalue weighted by atomic mass is 16.5. The molecule has 0 unspecified atom stereocenters. The van der Waals surface area contributed by atoms with Gasteiger partial charge in [-0.05, 0) is 42.5 Å². The largest absolute Gasteiger partial charge is 0.507 e. The molecule has 1 aliphatic rings. The summed E-state index contributed by atoms with van der Waals surface area (Å²) in [7, 11) is 3.17. The maximum atomic E-state index is 10.0. The Morgan fingerprint density at radius 2 is 1.67 bits per heavy atom. The van der Waals surface area contributed by atoms with E-state index < -0.39 is 0 Å². The number of hydrogen-bond acceptors (Lipinski definition) is 11. The summed E-state index contributed by atoms with van der Waals surface area (Å²) in [5, 5.41) is 17.4. The number of nitrogens with one attached hydrogen (secondary N) is 2. The number of aromatic nitrogens is 3. The number of anilines is 4. The highest BCUT2D eigenvalue weighted by molar-refractivity contribution is 5.84. The fourth-order valence-corrected chi connectivity index (χ4v) is 3.10. The first kappa shape index (κ1) is 22.1. The van der Waals surface area contributed by atoms with Crippen LogP contribution in [0.15, 0.2) is 47.6 Å². The molecule has 0 atom stereocenters. The normalized spacial score (nSPS) is 13.7. The molecule has 11 heteroatoms. The Morgan fingerprint density at radius 1 is 0.970 bits per heavy atom. The lowest BCUT2D eigenvalue weighted by Gasteiger charge is -2.27. The molecule has 3 N–H and O–H groups in total. The summed E-state index contributed by atoms with van der Waals surface area (Å²) in [6, 6.07) is 12.3. The molecule has 0 bridgehead atoms. The predicted octanol–water partition coefficient (Wildman–Crippen LogP) is 2.62. The van der Waals surface area contributed by atoms with E-state index in [1.807, 2.05) is 29.2 Å². The molecule has 2 heterocycles. The van der Waals surface area contributed by atoms with Gasteiger partial charge < -0.3 is 29.5 Å². The summed E-state index contributed by atoms with van der Waals surface area (Å²) in [5.41, 5.74) is 4.10. The molecule has 2 aromatic carbocycles. The molecule has 172 valence electrons. The van der Waals surface area contributed by atoms with Gasteiger partial charge >= 0.3 is 0 Å². The Morgan fingerprint density at radius 3 is 2.39 bits per heavy atom. The van der Waals surface area contributed by atoms with E-state index in [-0.39, 0.29) is 11.7 Å². The first-order valence-corrected chi connectivity index (χ1v) is 10.3. The monoisotopic (exact) mass is 451 g/mol. The van der Waals surface area contributed by atoms with Crippen LogP contribution < -0.4 is 25.1 Å². The Kier molecular flexibility index (Phi) is 7.00. The van der Waals surface area contributed by atoms with Crippen molar-refractivity contribution < 1.29 is 19.3 Å². The summed E-state index contributed by atoms with van der Waals surface area (Å²) in [6.07, 6.45) is 1.46. The van der Waals surface area contributed by atoms with Crippen LogP contribution in [0.25, 0.3) is 0 Å². The van der Waals surface area contributed by atoms with Gasteiger partial charge in [-0.25, -0.2) is 5.43 Å². The van der Waals surface area contributed by atoms with Gasteiger partial charge in [-0.15, -0.1) is 0 Å². The third kappa shape index (κ3) is 5.77. The molecule has 0 radical (unpaired) electrons. The third-order valence-electron chi connectivity index (χ3n) is 4.87. The number of phenols is 1. The summed E-state index contributed by atoms with van der Waals surface area (Å²) >= 11 is 0. The van der Waals surface area contributed by atoms with Gasteiger partial charge in [0.05, 0.1) is 33.6 Å². The summed E-state index contributed by atoms with van der Waals surface area (Å²) in [4.78, 5) is 15.5. The minimum absolute atomic E-state index is 0.0767. The fourth-order valence-electron chi connectivity index (χ4n) is 3.10. The van der Waals surface area contributed by atoms with E-state index in [1.54, 1.807) is 26.4 Å². The molecule has 11 nitrogen and oxygen atoms in total. The van der Waals surface area contributed by atoms with Crippen molar-refractivity contribution in [3.63, 3.8) is 0 Å². The number of phenolic OH excluding ortho intramolecular Hbond substituents is 1. The lowest BCUT2D eigenvalue weighted by atomic mass is 10.2. The number of hydrogen-bond donors (Lipinski definition) is 3. The number of nitrogens with zero attached hydrogens (tertiary/aromatic N) is 5. The van der Waals surface area contributed by atoms with Crippen LogP contribution in [-0.2, 0) is 4.74 Å². The zero-order valence-corrected chi connectivity index (χ0v) is 18.4. The highest BCUT2D eigenvalue weighted by Gasteiger charge is 2.17. The molecule has 0 spiro atoms. The van der Waals surface area contributed by atoms with Crippen LogP contribution in [0.4, 0.5) is 23.5 Å². The molecule has 1 aromatic heterocycles. The molecule has 0 aliphatic carbocycles. The first-order chi connectivity index (χ1) is 16.1. The molecule has 0 amide bonds. The van der Waals surface area contributed by atoms with Crippen molar-refractivity contribution >= 4 is 29.7 Å². The summed E-state index contributed by atoms with van der Waals surface area (Å²) in [5.74, 6) is 2.55. The van der Waals surface area contributed by atoms with E-state index in [1.165, 1.54) is 12.3 Å². The standard InChI is InChI=1S/C22H25N7O4/c1-31-17-5-3-16(4-6-17)24-20-25-21(27-22(26-20)29-9-11-33-12-10-29)28-23-14-15-13-18(32-2)7-8-19(15)30/h3-8,13-14,30H,9-12H2,1-2H3,(H2,24,25,26,27,28)/b23-14+. The number of benzene rings is 2. The second-order valence-corrected chi connectivity index (χ2v) is 7.03. The second-order valence-electron chi connectivity index (χ2n) is 7.03. The molecule has 1 fully saturated rings. The third-order valence-corrected chi connectivity index (χ3v) is 4.87. The van der Waals surface area contributed by atoms with E-state index in [0.29, 0.717) is 49.5 Å². The van der Waals surface area contributed by atoms with Crippen LogP contribution in [-0.4, -0.2) is 66.8 Å². The second kappa shape index (κ2) is 10.5. The van der Waals surface area contributed by atoms with Crippen molar-refractivity contribution in [2.75, 3.05) is 56.2 Å². The molecular formula is C22H25N7O4. The Bertz CT molecular complexity index is 1100. The average Bonchev–Trinajstić information content (AvgIpc) is 2.86. The molecule has 33 heavy (non-hydrogen) atoms. The Hall–Kier alpha value is -4.12. The van der Waals surface area contributed by atoms with Gasteiger partial charge in [0.15, 0.2) is 0 Å². The van der Waals surface area contributed by atoms with E-state index in [0.717, 1.165) is 11.4 Å². The average molecular weight is 451 g/mol. The summed E-state index contributed by atoms with van der Waals surface area (Å²) < 4.78 is 15.8. The number of rotatable bonds is 8. The van der Waals surface area contributed by atoms with Gasteiger partial charge in [0.2, 0.25) is 17.8 Å². The van der Waals surface area contributed by atoms with Gasteiger partial charge in [0.1, 0.15) is 17.2 Å². The zero-order valence-electron chi connectivity index (χ0n) is 18.4. The van der Waals surface area contributed by atoms with Gasteiger partial charge in [0, 0.05) is 24.3 Å². The van der Waals surface area contributed by atoms with Crippen molar-refractivity contribution in [3.8, 4) is 17.2 Å². The van der Waals surface area contributed by atoms with E-state index in [9.17, 15) is 5.11 Å². The lowest BCUT2D eigenvalue weighted by molar-refractivity contribution is 0.122. The van der Waals surface area contributed by atoms with Crippen LogP contribution in [0, 0.1) is 0 Å². The molecule has 4 rings (SSSR count). The highest BCUT2D eigenvalue weighted by Crippen LogP contribution is 2.22.